The highest BCUT2D eigenvalue weighted by atomic mass is 16.3. The number of benzene rings is 4. The fourth-order valence-corrected chi connectivity index (χ4v) is 5.76. The molecule has 0 saturated heterocycles. The Morgan fingerprint density at radius 2 is 1.33 bits per heavy atom. The molecule has 43 heavy (non-hydrogen) atoms. The lowest BCUT2D eigenvalue weighted by molar-refractivity contribution is 0.104. The molecule has 0 N–H and O–H groups in total. The molecule has 0 fully saturated rings. The molecule has 0 aliphatic rings. The lowest BCUT2D eigenvalue weighted by atomic mass is 9.77. The molecule has 4 aromatic carbocycles. The van der Waals surface area contributed by atoms with Crippen LogP contribution in [0.2, 0.25) is 0 Å². The first-order valence-corrected chi connectivity index (χ1v) is 14.1. The average molecular weight is 558 g/mol. The van der Waals surface area contributed by atoms with Crippen molar-refractivity contribution >= 4 is 23.0 Å². The molecule has 0 atom stereocenters. The third kappa shape index (κ3) is 4.77. The minimum Gasteiger partial charge on any atom is -0.446 e. The van der Waals surface area contributed by atoms with Gasteiger partial charge in [0, 0.05) is 28.9 Å². The van der Waals surface area contributed by atoms with Crippen LogP contribution >= 0.6 is 0 Å². The van der Waals surface area contributed by atoms with Crippen LogP contribution in [0.4, 0.5) is 0 Å². The van der Waals surface area contributed by atoms with Gasteiger partial charge < -0.3 is 8.98 Å². The highest BCUT2D eigenvalue weighted by Gasteiger charge is 2.38. The molecule has 0 amide bonds. The van der Waals surface area contributed by atoms with E-state index >= 15 is 0 Å². The number of furan rings is 1. The van der Waals surface area contributed by atoms with Gasteiger partial charge in [-0.1, -0.05) is 121 Å². The van der Waals surface area contributed by atoms with E-state index in [1.54, 1.807) is 30.7 Å². The molecular weight excluding hydrogens is 530 g/mol. The summed E-state index contributed by atoms with van der Waals surface area (Å²) in [5.41, 5.74) is 6.36. The zero-order valence-corrected chi connectivity index (χ0v) is 23.2. The van der Waals surface area contributed by atoms with Crippen molar-refractivity contribution in [2.45, 2.75) is 5.54 Å². The van der Waals surface area contributed by atoms with Gasteiger partial charge in [-0.15, -0.1) is 0 Å². The molecule has 3 heterocycles. The van der Waals surface area contributed by atoms with E-state index in [0.717, 1.165) is 38.9 Å². The summed E-state index contributed by atoms with van der Waals surface area (Å²) in [4.78, 5) is 22.2. The standard InChI is InChI=1S/C38H27N3O2/c42-36(30-24-29-22-23-43-37(29)39-25-30)21-20-28-12-10-11-19-34(28)35-26-41(27-40-35)38(31-13-4-1-5-14-31,32-15-6-2-7-16-32)33-17-8-3-9-18-33/h1-27H. The maximum Gasteiger partial charge on any atom is 0.225 e. The smallest absolute Gasteiger partial charge is 0.225 e. The number of carbonyl (C=O) groups is 1. The number of imidazole rings is 1. The number of fused-ring (bicyclic) bond motifs is 1. The highest BCUT2D eigenvalue weighted by molar-refractivity contribution is 6.08. The number of hydrogen-bond acceptors (Lipinski definition) is 4. The monoisotopic (exact) mass is 557 g/mol. The number of rotatable bonds is 8. The number of carbonyl (C=O) groups excluding carboxylic acids is 1. The number of hydrogen-bond donors (Lipinski definition) is 0. The van der Waals surface area contributed by atoms with Gasteiger partial charge in [-0.2, -0.15) is 0 Å². The van der Waals surface area contributed by atoms with E-state index in [4.69, 9.17) is 9.40 Å². The number of allylic oxidation sites excluding steroid dienone is 1. The summed E-state index contributed by atoms with van der Waals surface area (Å²) in [7, 11) is 0. The molecule has 0 unspecified atom stereocenters. The Morgan fingerprint density at radius 3 is 1.98 bits per heavy atom. The minimum atomic E-state index is -0.658. The molecule has 0 spiro atoms. The second kappa shape index (κ2) is 11.2. The van der Waals surface area contributed by atoms with E-state index in [1.165, 1.54) is 0 Å². The van der Waals surface area contributed by atoms with E-state index in [0.29, 0.717) is 11.3 Å². The van der Waals surface area contributed by atoms with Gasteiger partial charge in [0.15, 0.2) is 5.78 Å². The number of aromatic nitrogens is 3. The number of nitrogens with zero attached hydrogens (tertiary/aromatic N) is 3. The fraction of sp³-hybridized carbons (Fsp3) is 0.0263. The molecular formula is C38H27N3O2. The Bertz CT molecular complexity index is 1940. The molecule has 0 aliphatic carbocycles. The van der Waals surface area contributed by atoms with E-state index in [-0.39, 0.29) is 5.78 Å². The van der Waals surface area contributed by atoms with E-state index in [2.05, 4.69) is 88.5 Å². The summed E-state index contributed by atoms with van der Waals surface area (Å²) in [6, 6.07) is 43.1. The lowest BCUT2D eigenvalue weighted by Gasteiger charge is -2.37. The van der Waals surface area contributed by atoms with Gasteiger partial charge in [-0.3, -0.25) is 4.79 Å². The van der Waals surface area contributed by atoms with E-state index < -0.39 is 5.54 Å². The largest absolute Gasteiger partial charge is 0.446 e. The van der Waals surface area contributed by atoms with Gasteiger partial charge in [0.25, 0.3) is 0 Å². The number of pyridine rings is 1. The maximum atomic E-state index is 13.1. The van der Waals surface area contributed by atoms with Gasteiger partial charge in [-0.25, -0.2) is 9.97 Å². The van der Waals surface area contributed by atoms with Crippen molar-refractivity contribution < 1.29 is 9.21 Å². The van der Waals surface area contributed by atoms with Crippen molar-refractivity contribution in [3.05, 3.63) is 186 Å². The van der Waals surface area contributed by atoms with Crippen molar-refractivity contribution in [1.82, 2.24) is 14.5 Å². The summed E-state index contributed by atoms with van der Waals surface area (Å²) >= 11 is 0. The zero-order chi connectivity index (χ0) is 29.1. The Labute approximate surface area is 249 Å². The second-order valence-corrected chi connectivity index (χ2v) is 10.3. The highest BCUT2D eigenvalue weighted by Crippen LogP contribution is 2.41. The molecule has 0 radical (unpaired) electrons. The van der Waals surface area contributed by atoms with Crippen LogP contribution in [0.5, 0.6) is 0 Å². The predicted octanol–water partition coefficient (Wildman–Crippen LogP) is 8.43. The van der Waals surface area contributed by atoms with Gasteiger partial charge in [0.2, 0.25) is 5.71 Å². The Hall–Kier alpha value is -5.81. The van der Waals surface area contributed by atoms with E-state index in [1.807, 2.05) is 54.9 Å². The Balaban J connectivity index is 1.32. The van der Waals surface area contributed by atoms with Crippen LogP contribution < -0.4 is 0 Å². The molecule has 0 saturated carbocycles. The molecule has 7 aromatic rings. The van der Waals surface area contributed by atoms with Crippen LogP contribution in [0.1, 0.15) is 32.6 Å². The molecule has 206 valence electrons. The first-order valence-electron chi connectivity index (χ1n) is 14.1. The molecule has 7 rings (SSSR count). The van der Waals surface area contributed by atoms with Gasteiger partial charge >= 0.3 is 0 Å². The van der Waals surface area contributed by atoms with Crippen LogP contribution in [-0.2, 0) is 5.54 Å². The van der Waals surface area contributed by atoms with Gasteiger partial charge in [-0.05, 0) is 40.5 Å². The van der Waals surface area contributed by atoms with Gasteiger partial charge in [0.05, 0.1) is 18.3 Å². The summed E-state index contributed by atoms with van der Waals surface area (Å²) in [5, 5.41) is 0.795. The summed E-state index contributed by atoms with van der Waals surface area (Å²) in [6.45, 7) is 0. The van der Waals surface area contributed by atoms with Crippen molar-refractivity contribution in [3.63, 3.8) is 0 Å². The Kier molecular flexibility index (Phi) is 6.82. The summed E-state index contributed by atoms with van der Waals surface area (Å²) < 4.78 is 7.50. The Morgan fingerprint density at radius 1 is 0.721 bits per heavy atom. The van der Waals surface area contributed by atoms with Crippen molar-refractivity contribution in [1.29, 1.82) is 0 Å². The van der Waals surface area contributed by atoms with Crippen LogP contribution in [0.3, 0.4) is 0 Å². The van der Waals surface area contributed by atoms with Crippen LogP contribution in [0, 0.1) is 0 Å². The molecule has 0 bridgehead atoms. The van der Waals surface area contributed by atoms with E-state index in [9.17, 15) is 4.79 Å². The third-order valence-corrected chi connectivity index (χ3v) is 7.79. The average Bonchev–Trinajstić information content (AvgIpc) is 3.76. The first kappa shape index (κ1) is 26.1. The van der Waals surface area contributed by atoms with Crippen LogP contribution in [0.15, 0.2) is 163 Å². The molecule has 5 nitrogen and oxygen atoms in total. The quantitative estimate of drug-likeness (QED) is 0.107. The summed E-state index contributed by atoms with van der Waals surface area (Å²) in [6.07, 6.45) is 10.5. The molecule has 5 heteroatoms. The van der Waals surface area contributed by atoms with Crippen LogP contribution in [0.25, 0.3) is 28.4 Å². The zero-order valence-electron chi connectivity index (χ0n) is 23.2. The minimum absolute atomic E-state index is 0.132. The molecule has 0 aliphatic heterocycles. The lowest BCUT2D eigenvalue weighted by Crippen LogP contribution is -2.36. The normalized spacial score (nSPS) is 11.7. The van der Waals surface area contributed by atoms with Crippen molar-refractivity contribution in [2.75, 3.05) is 0 Å². The SMILES string of the molecule is O=C(C=Cc1ccccc1-c1cn(C(c2ccccc2)(c2ccccc2)c2ccccc2)cn1)c1cnc2occc2c1. The first-order chi connectivity index (χ1) is 21.2. The van der Waals surface area contributed by atoms with Gasteiger partial charge in [0.1, 0.15) is 5.54 Å². The topological polar surface area (TPSA) is 60.9 Å². The van der Waals surface area contributed by atoms with Crippen molar-refractivity contribution in [2.24, 2.45) is 0 Å². The fourth-order valence-electron chi connectivity index (χ4n) is 5.76. The molecule has 3 aromatic heterocycles. The van der Waals surface area contributed by atoms with Crippen LogP contribution in [-0.4, -0.2) is 20.3 Å². The van der Waals surface area contributed by atoms with Crippen molar-refractivity contribution in [3.8, 4) is 11.3 Å². The predicted molar refractivity (Wildman–Crippen MR) is 170 cm³/mol. The maximum absolute atomic E-state index is 13.1. The number of ketones is 1. The third-order valence-electron chi connectivity index (χ3n) is 7.79. The summed E-state index contributed by atoms with van der Waals surface area (Å²) in [5.74, 6) is -0.132. The second-order valence-electron chi connectivity index (χ2n) is 10.3.